The smallest absolute Gasteiger partial charge is 0.365 e. The summed E-state index contributed by atoms with van der Waals surface area (Å²) in [5.41, 5.74) is -0.966. The van der Waals surface area contributed by atoms with E-state index in [1.54, 1.807) is 0 Å². The molecule has 1 atom stereocenters. The van der Waals surface area contributed by atoms with Gasteiger partial charge >= 0.3 is 6.18 Å². The molecule has 4 nitrogen and oxygen atoms in total. The van der Waals surface area contributed by atoms with Gasteiger partial charge in [0.2, 0.25) is 0 Å². The molecule has 0 aromatic carbocycles. The summed E-state index contributed by atoms with van der Waals surface area (Å²) in [6.07, 6.45) is -1.24. The predicted octanol–water partition coefficient (Wildman–Crippen LogP) is 2.05. The molecule has 1 unspecified atom stereocenters. The number of hydrogen-bond acceptors (Lipinski definition) is 4. The molecule has 0 spiro atoms. The predicted molar refractivity (Wildman–Crippen MR) is 61.2 cm³/mol. The Kier molecular flexibility index (Phi) is 4.00. The van der Waals surface area contributed by atoms with Crippen molar-refractivity contribution < 1.29 is 13.2 Å². The molecule has 2 rings (SSSR count). The zero-order valence-electron chi connectivity index (χ0n) is 9.80. The Labute approximate surface area is 103 Å². The van der Waals surface area contributed by atoms with Crippen molar-refractivity contribution in [1.29, 1.82) is 0 Å². The Balaban J connectivity index is 1.97. The SMILES string of the molecule is FC(F)(F)c1ccc(NC2CCCCNC2)nn1. The van der Waals surface area contributed by atoms with Gasteiger partial charge in [-0.3, -0.25) is 0 Å². The van der Waals surface area contributed by atoms with E-state index in [9.17, 15) is 13.2 Å². The van der Waals surface area contributed by atoms with Crippen LogP contribution in [0.25, 0.3) is 0 Å². The maximum atomic E-state index is 12.3. The monoisotopic (exact) mass is 260 g/mol. The molecule has 2 heterocycles. The van der Waals surface area contributed by atoms with Crippen LogP contribution in [0, 0.1) is 0 Å². The Bertz CT molecular complexity index is 369. The van der Waals surface area contributed by atoms with Gasteiger partial charge in [0.05, 0.1) is 0 Å². The summed E-state index contributed by atoms with van der Waals surface area (Å²) in [6.45, 7) is 1.78. The van der Waals surface area contributed by atoms with Crippen LogP contribution in [0.5, 0.6) is 0 Å². The third-order valence-electron chi connectivity index (χ3n) is 2.85. The maximum absolute atomic E-state index is 12.3. The first-order chi connectivity index (χ1) is 8.55. The molecule has 18 heavy (non-hydrogen) atoms. The van der Waals surface area contributed by atoms with Crippen molar-refractivity contribution in [3.05, 3.63) is 17.8 Å². The summed E-state index contributed by atoms with van der Waals surface area (Å²) < 4.78 is 36.9. The second-order valence-electron chi connectivity index (χ2n) is 4.34. The Morgan fingerprint density at radius 3 is 2.72 bits per heavy atom. The topological polar surface area (TPSA) is 49.8 Å². The number of hydrogen-bond donors (Lipinski definition) is 2. The highest BCUT2D eigenvalue weighted by Crippen LogP contribution is 2.27. The van der Waals surface area contributed by atoms with Crippen molar-refractivity contribution in [3.63, 3.8) is 0 Å². The Morgan fingerprint density at radius 1 is 1.22 bits per heavy atom. The average Bonchev–Trinajstić information content (AvgIpc) is 2.57. The van der Waals surface area contributed by atoms with Crippen LogP contribution in [-0.2, 0) is 6.18 Å². The molecule has 7 heteroatoms. The first kappa shape index (κ1) is 13.1. The van der Waals surface area contributed by atoms with Crippen molar-refractivity contribution in [1.82, 2.24) is 15.5 Å². The molecule has 0 aliphatic carbocycles. The maximum Gasteiger partial charge on any atom is 0.435 e. The molecule has 1 aliphatic rings. The van der Waals surface area contributed by atoms with E-state index >= 15 is 0 Å². The van der Waals surface area contributed by atoms with Gasteiger partial charge in [0.15, 0.2) is 5.69 Å². The minimum absolute atomic E-state index is 0.193. The second-order valence-corrected chi connectivity index (χ2v) is 4.34. The summed E-state index contributed by atoms with van der Waals surface area (Å²) in [4.78, 5) is 0. The largest absolute Gasteiger partial charge is 0.435 e. The van der Waals surface area contributed by atoms with Gasteiger partial charge in [-0.05, 0) is 31.5 Å². The molecule has 0 amide bonds. The van der Waals surface area contributed by atoms with Crippen LogP contribution in [0.2, 0.25) is 0 Å². The lowest BCUT2D eigenvalue weighted by molar-refractivity contribution is -0.141. The van der Waals surface area contributed by atoms with E-state index in [1.807, 2.05) is 0 Å². The van der Waals surface area contributed by atoms with Gasteiger partial charge in [0.25, 0.3) is 0 Å². The molecule has 1 fully saturated rings. The summed E-state index contributed by atoms with van der Waals surface area (Å²) in [6, 6.07) is 2.46. The summed E-state index contributed by atoms with van der Waals surface area (Å²) in [5.74, 6) is 0.386. The molecule has 1 aromatic rings. The van der Waals surface area contributed by atoms with Crippen LogP contribution in [0.3, 0.4) is 0 Å². The van der Waals surface area contributed by atoms with Crippen molar-refractivity contribution in [2.45, 2.75) is 31.5 Å². The van der Waals surface area contributed by atoms with E-state index in [4.69, 9.17) is 0 Å². The zero-order valence-corrected chi connectivity index (χ0v) is 9.80. The molecule has 1 aliphatic heterocycles. The van der Waals surface area contributed by atoms with Gasteiger partial charge in [-0.25, -0.2) is 0 Å². The lowest BCUT2D eigenvalue weighted by Gasteiger charge is -2.16. The lowest BCUT2D eigenvalue weighted by Crippen LogP contribution is -2.31. The number of anilines is 1. The van der Waals surface area contributed by atoms with E-state index in [0.717, 1.165) is 38.4 Å². The summed E-state index contributed by atoms with van der Waals surface area (Å²) in [5, 5.41) is 13.1. The molecule has 1 saturated heterocycles. The molecule has 1 aromatic heterocycles. The summed E-state index contributed by atoms with van der Waals surface area (Å²) >= 11 is 0. The standard InChI is InChI=1S/C11H15F3N4/c12-11(13,14)9-4-5-10(18-17-9)16-8-3-1-2-6-15-7-8/h4-5,8,15H,1-3,6-7H2,(H,16,18). The molecule has 0 saturated carbocycles. The van der Waals surface area contributed by atoms with Crippen LogP contribution >= 0.6 is 0 Å². The van der Waals surface area contributed by atoms with Gasteiger partial charge in [0.1, 0.15) is 5.82 Å². The number of alkyl halides is 3. The number of nitrogens with zero attached hydrogens (tertiary/aromatic N) is 2. The highest BCUT2D eigenvalue weighted by molar-refractivity contribution is 5.34. The highest BCUT2D eigenvalue weighted by Gasteiger charge is 2.32. The molecule has 100 valence electrons. The van der Waals surface area contributed by atoms with Crippen LogP contribution in [0.1, 0.15) is 25.0 Å². The normalized spacial score (nSPS) is 21.4. The Morgan fingerprint density at radius 2 is 2.06 bits per heavy atom. The number of nitrogens with one attached hydrogen (secondary N) is 2. The van der Waals surface area contributed by atoms with E-state index < -0.39 is 11.9 Å². The van der Waals surface area contributed by atoms with Gasteiger partial charge in [-0.1, -0.05) is 6.42 Å². The summed E-state index contributed by atoms with van der Waals surface area (Å²) in [7, 11) is 0. The molecule has 0 bridgehead atoms. The van der Waals surface area contributed by atoms with E-state index in [1.165, 1.54) is 6.07 Å². The minimum atomic E-state index is -4.44. The fourth-order valence-electron chi connectivity index (χ4n) is 1.91. The lowest BCUT2D eigenvalue weighted by atomic mass is 10.1. The van der Waals surface area contributed by atoms with E-state index in [0.29, 0.717) is 5.82 Å². The van der Waals surface area contributed by atoms with Crippen LogP contribution in [0.15, 0.2) is 12.1 Å². The van der Waals surface area contributed by atoms with Gasteiger partial charge in [0, 0.05) is 12.6 Å². The first-order valence-electron chi connectivity index (χ1n) is 5.94. The van der Waals surface area contributed by atoms with Crippen molar-refractivity contribution in [2.24, 2.45) is 0 Å². The van der Waals surface area contributed by atoms with Crippen LogP contribution in [0.4, 0.5) is 19.0 Å². The third kappa shape index (κ3) is 3.56. The van der Waals surface area contributed by atoms with Crippen LogP contribution < -0.4 is 10.6 Å². The number of halogens is 3. The van der Waals surface area contributed by atoms with Crippen molar-refractivity contribution >= 4 is 5.82 Å². The quantitative estimate of drug-likeness (QED) is 0.854. The zero-order chi connectivity index (χ0) is 13.0. The fraction of sp³-hybridized carbons (Fsp3) is 0.636. The minimum Gasteiger partial charge on any atom is -0.365 e. The van der Waals surface area contributed by atoms with E-state index in [2.05, 4.69) is 20.8 Å². The Hall–Kier alpha value is -1.37. The van der Waals surface area contributed by atoms with Gasteiger partial charge < -0.3 is 10.6 Å². The molecule has 0 radical (unpaired) electrons. The number of aromatic nitrogens is 2. The van der Waals surface area contributed by atoms with Gasteiger partial charge in [-0.2, -0.15) is 13.2 Å². The fourth-order valence-corrected chi connectivity index (χ4v) is 1.91. The third-order valence-corrected chi connectivity index (χ3v) is 2.85. The second kappa shape index (κ2) is 5.51. The van der Waals surface area contributed by atoms with Crippen molar-refractivity contribution in [3.8, 4) is 0 Å². The van der Waals surface area contributed by atoms with Gasteiger partial charge in [-0.15, -0.1) is 10.2 Å². The first-order valence-corrected chi connectivity index (χ1v) is 5.94. The molecule has 2 N–H and O–H groups in total. The number of rotatable bonds is 2. The molecular formula is C11H15F3N4. The van der Waals surface area contributed by atoms with E-state index in [-0.39, 0.29) is 6.04 Å². The molecular weight excluding hydrogens is 245 g/mol. The average molecular weight is 260 g/mol. The van der Waals surface area contributed by atoms with Crippen LogP contribution in [-0.4, -0.2) is 29.3 Å². The van der Waals surface area contributed by atoms with Crippen molar-refractivity contribution in [2.75, 3.05) is 18.4 Å². The highest BCUT2D eigenvalue weighted by atomic mass is 19.4.